The highest BCUT2D eigenvalue weighted by Gasteiger charge is 2.68. The SMILES string of the molecule is COC1=C[C@H]2C[C@H]3[C@H](N(C)C)c4onc(OCc5ccccc5)c4C(=O)[C@@]13O2. The number of hydrogen-bond donors (Lipinski definition) is 0. The van der Waals surface area contributed by atoms with E-state index in [1.165, 1.54) is 0 Å². The Labute approximate surface area is 162 Å². The molecule has 4 atom stereocenters. The molecule has 0 saturated carbocycles. The Balaban J connectivity index is 1.57. The van der Waals surface area contributed by atoms with Crippen LogP contribution < -0.4 is 4.74 Å². The maximum atomic E-state index is 13.7. The van der Waals surface area contributed by atoms with Gasteiger partial charge in [-0.05, 0) is 37.3 Å². The van der Waals surface area contributed by atoms with Crippen LogP contribution in [0, 0.1) is 5.92 Å². The number of ketones is 1. The average Bonchev–Trinajstić information content (AvgIpc) is 3.38. The number of hydrogen-bond acceptors (Lipinski definition) is 7. The average molecular weight is 382 g/mol. The molecule has 0 amide bonds. The van der Waals surface area contributed by atoms with Crippen molar-refractivity contribution < 1.29 is 23.5 Å². The zero-order valence-corrected chi connectivity index (χ0v) is 16.0. The molecular formula is C21H22N2O5. The molecule has 2 bridgehead atoms. The molecule has 1 spiro atoms. The first-order chi connectivity index (χ1) is 13.6. The van der Waals surface area contributed by atoms with Crippen molar-refractivity contribution in [3.05, 3.63) is 59.1 Å². The molecule has 28 heavy (non-hydrogen) atoms. The van der Waals surface area contributed by atoms with E-state index in [0.717, 1.165) is 12.0 Å². The van der Waals surface area contributed by atoms with Gasteiger partial charge in [0.1, 0.15) is 17.9 Å². The molecule has 5 rings (SSSR count). The van der Waals surface area contributed by atoms with E-state index in [0.29, 0.717) is 23.7 Å². The summed E-state index contributed by atoms with van der Waals surface area (Å²) in [6.45, 7) is 0.298. The Bertz CT molecular complexity index is 951. The summed E-state index contributed by atoms with van der Waals surface area (Å²) in [5, 5.41) is 4.09. The first-order valence-corrected chi connectivity index (χ1v) is 9.38. The normalized spacial score (nSPS) is 30.2. The summed E-state index contributed by atoms with van der Waals surface area (Å²) >= 11 is 0. The van der Waals surface area contributed by atoms with Gasteiger partial charge in [-0.15, -0.1) is 0 Å². The third-order valence-electron chi connectivity index (χ3n) is 5.94. The van der Waals surface area contributed by atoms with Gasteiger partial charge in [0.25, 0.3) is 5.88 Å². The zero-order chi connectivity index (χ0) is 19.5. The predicted molar refractivity (Wildman–Crippen MR) is 98.8 cm³/mol. The molecule has 0 unspecified atom stereocenters. The highest BCUT2D eigenvalue weighted by atomic mass is 16.6. The molecular weight excluding hydrogens is 360 g/mol. The van der Waals surface area contributed by atoms with Crippen LogP contribution in [0.1, 0.15) is 34.1 Å². The molecule has 146 valence electrons. The third-order valence-corrected chi connectivity index (χ3v) is 5.94. The number of aromatic nitrogens is 1. The van der Waals surface area contributed by atoms with E-state index in [1.807, 2.05) is 55.4 Å². The molecule has 3 heterocycles. The van der Waals surface area contributed by atoms with Gasteiger partial charge in [0.05, 0.1) is 19.3 Å². The summed E-state index contributed by atoms with van der Waals surface area (Å²) in [6, 6.07) is 9.58. The Kier molecular flexibility index (Phi) is 3.86. The number of ether oxygens (including phenoxy) is 3. The van der Waals surface area contributed by atoms with Gasteiger partial charge < -0.3 is 18.7 Å². The Morgan fingerprint density at radius 3 is 2.79 bits per heavy atom. The lowest BCUT2D eigenvalue weighted by Gasteiger charge is -2.42. The lowest BCUT2D eigenvalue weighted by atomic mass is 9.67. The first-order valence-electron chi connectivity index (χ1n) is 9.38. The number of carbonyl (C=O) groups is 1. The minimum atomic E-state index is -1.13. The molecule has 3 aliphatic rings. The second kappa shape index (κ2) is 6.18. The smallest absolute Gasteiger partial charge is 0.265 e. The number of carbonyl (C=O) groups excluding carboxylic acids is 1. The van der Waals surface area contributed by atoms with Gasteiger partial charge in [-0.1, -0.05) is 30.3 Å². The molecule has 1 fully saturated rings. The highest BCUT2D eigenvalue weighted by Crippen LogP contribution is 2.59. The molecule has 1 aliphatic carbocycles. The van der Waals surface area contributed by atoms with E-state index in [9.17, 15) is 4.79 Å². The Morgan fingerprint density at radius 2 is 2.07 bits per heavy atom. The van der Waals surface area contributed by atoms with Crippen molar-refractivity contribution in [2.24, 2.45) is 5.92 Å². The molecule has 2 aromatic rings. The van der Waals surface area contributed by atoms with Gasteiger partial charge in [-0.25, -0.2) is 0 Å². The lowest BCUT2D eigenvalue weighted by molar-refractivity contribution is -0.0310. The number of rotatable bonds is 5. The van der Waals surface area contributed by atoms with Crippen molar-refractivity contribution in [3.63, 3.8) is 0 Å². The van der Waals surface area contributed by atoms with Crippen molar-refractivity contribution in [2.45, 2.75) is 30.8 Å². The van der Waals surface area contributed by atoms with E-state index in [1.54, 1.807) is 7.11 Å². The van der Waals surface area contributed by atoms with Gasteiger partial charge in [0, 0.05) is 5.92 Å². The topological polar surface area (TPSA) is 74.0 Å². The Hall–Kier alpha value is -2.64. The Morgan fingerprint density at radius 1 is 1.29 bits per heavy atom. The molecule has 0 N–H and O–H groups in total. The van der Waals surface area contributed by atoms with Crippen LogP contribution in [0.5, 0.6) is 5.88 Å². The second-order valence-corrected chi connectivity index (χ2v) is 7.71. The van der Waals surface area contributed by atoms with Gasteiger partial charge >= 0.3 is 0 Å². The van der Waals surface area contributed by atoms with Crippen LogP contribution in [0.15, 0.2) is 46.7 Å². The molecule has 2 aliphatic heterocycles. The molecule has 1 saturated heterocycles. The van der Waals surface area contributed by atoms with E-state index in [4.69, 9.17) is 18.7 Å². The fourth-order valence-electron chi connectivity index (χ4n) is 4.82. The quantitative estimate of drug-likeness (QED) is 0.787. The summed E-state index contributed by atoms with van der Waals surface area (Å²) in [4.78, 5) is 15.7. The molecule has 1 aromatic carbocycles. The van der Waals surface area contributed by atoms with Crippen LogP contribution in [0.2, 0.25) is 0 Å². The van der Waals surface area contributed by atoms with Gasteiger partial charge in [0.15, 0.2) is 11.4 Å². The summed E-state index contributed by atoms with van der Waals surface area (Å²) in [5.41, 5.74) is 0.215. The summed E-state index contributed by atoms with van der Waals surface area (Å²) in [7, 11) is 5.51. The van der Waals surface area contributed by atoms with Crippen molar-refractivity contribution >= 4 is 5.78 Å². The van der Waals surface area contributed by atoms with Crippen LogP contribution in [-0.2, 0) is 16.1 Å². The van der Waals surface area contributed by atoms with E-state index in [-0.39, 0.29) is 29.7 Å². The fraction of sp³-hybridized carbons (Fsp3) is 0.429. The molecule has 7 nitrogen and oxygen atoms in total. The van der Waals surface area contributed by atoms with Gasteiger partial charge in [-0.3, -0.25) is 9.69 Å². The van der Waals surface area contributed by atoms with Crippen molar-refractivity contribution in [2.75, 3.05) is 21.2 Å². The predicted octanol–water partition coefficient (Wildman–Crippen LogP) is 2.74. The van der Waals surface area contributed by atoms with E-state index in [2.05, 4.69) is 5.16 Å². The summed E-state index contributed by atoms with van der Waals surface area (Å²) < 4.78 is 23.3. The summed E-state index contributed by atoms with van der Waals surface area (Å²) in [6.07, 6.45) is 2.52. The van der Waals surface area contributed by atoms with Gasteiger partial charge in [-0.2, -0.15) is 0 Å². The van der Waals surface area contributed by atoms with E-state index >= 15 is 0 Å². The van der Waals surface area contributed by atoms with Crippen molar-refractivity contribution in [1.29, 1.82) is 0 Å². The lowest BCUT2D eigenvalue weighted by Crippen LogP contribution is -2.53. The number of nitrogens with zero attached hydrogens (tertiary/aromatic N) is 2. The molecule has 7 heteroatoms. The highest BCUT2D eigenvalue weighted by molar-refractivity contribution is 6.09. The van der Waals surface area contributed by atoms with Gasteiger partial charge in [0.2, 0.25) is 5.78 Å². The van der Waals surface area contributed by atoms with E-state index < -0.39 is 5.60 Å². The fourth-order valence-corrected chi connectivity index (χ4v) is 4.82. The molecule has 0 radical (unpaired) electrons. The van der Waals surface area contributed by atoms with Crippen molar-refractivity contribution in [3.8, 4) is 5.88 Å². The standard InChI is InChI=1S/C21H22N2O5/c1-23(2)17-14-9-13-10-15(25-3)21(14,27-13)19(24)16-18(17)28-22-20(16)26-11-12-7-5-4-6-8-12/h4-8,10,13-14,17H,9,11H2,1-3H3/t13-,14+,17+,21+/m1/s1. The largest absolute Gasteiger partial charge is 0.498 e. The second-order valence-electron chi connectivity index (χ2n) is 7.71. The monoisotopic (exact) mass is 382 g/mol. The number of benzene rings is 1. The first kappa shape index (κ1) is 17.5. The zero-order valence-electron chi connectivity index (χ0n) is 16.0. The summed E-state index contributed by atoms with van der Waals surface area (Å²) in [5.74, 6) is 1.04. The van der Waals surface area contributed by atoms with Crippen LogP contribution in [-0.4, -0.2) is 48.7 Å². The van der Waals surface area contributed by atoms with Crippen LogP contribution in [0.3, 0.4) is 0 Å². The molecule has 1 aromatic heterocycles. The minimum Gasteiger partial charge on any atom is -0.498 e. The number of Topliss-reactive ketones (excluding diaryl/α,β-unsaturated/α-hetero) is 1. The maximum Gasteiger partial charge on any atom is 0.265 e. The number of methoxy groups -OCH3 is 1. The minimum absolute atomic E-state index is 0.0950. The van der Waals surface area contributed by atoms with Crippen molar-refractivity contribution in [1.82, 2.24) is 10.1 Å². The van der Waals surface area contributed by atoms with Crippen LogP contribution in [0.4, 0.5) is 0 Å². The van der Waals surface area contributed by atoms with Crippen LogP contribution >= 0.6 is 0 Å². The van der Waals surface area contributed by atoms with Crippen LogP contribution in [0.25, 0.3) is 0 Å². The number of fused-ring (bicyclic) bond motifs is 2. The third kappa shape index (κ3) is 2.23. The maximum absolute atomic E-state index is 13.7.